The zero-order valence-corrected chi connectivity index (χ0v) is 12.1. The Morgan fingerprint density at radius 3 is 2.47 bits per heavy atom. The summed E-state index contributed by atoms with van der Waals surface area (Å²) in [5.41, 5.74) is 10.1. The number of hydrogen-bond donors (Lipinski definition) is 4. The molecule has 0 aliphatic heterocycles. The Labute approximate surface area is 114 Å². The third-order valence-electron chi connectivity index (χ3n) is 2.64. The molecule has 0 atom stereocenters. The first-order valence-corrected chi connectivity index (χ1v) is 6.20. The molecule has 108 valence electrons. The van der Waals surface area contributed by atoms with Crippen molar-refractivity contribution in [1.29, 1.82) is 5.41 Å². The van der Waals surface area contributed by atoms with Crippen LogP contribution in [0.15, 0.2) is 16.8 Å². The van der Waals surface area contributed by atoms with E-state index in [1.165, 1.54) is 18.4 Å². The number of hydrogen-bond acceptors (Lipinski definition) is 3. The number of nitrogens with zero attached hydrogens (tertiary/aromatic N) is 1. The molecule has 0 aromatic rings. The van der Waals surface area contributed by atoms with Gasteiger partial charge in [-0.25, -0.2) is 5.43 Å². The smallest absolute Gasteiger partial charge is 0.300 e. The Morgan fingerprint density at radius 2 is 2.05 bits per heavy atom. The van der Waals surface area contributed by atoms with Crippen molar-refractivity contribution in [3.8, 4) is 0 Å². The number of hydrazone groups is 1. The quantitative estimate of drug-likeness (QED) is 0.349. The van der Waals surface area contributed by atoms with Gasteiger partial charge in [-0.2, -0.15) is 5.10 Å². The predicted octanol–water partition coefficient (Wildman–Crippen LogP) is 2.07. The fourth-order valence-corrected chi connectivity index (χ4v) is 1.85. The lowest BCUT2D eigenvalue weighted by molar-refractivity contribution is -0.134. The summed E-state index contributed by atoms with van der Waals surface area (Å²) in [6.45, 7) is 7.50. The van der Waals surface area contributed by atoms with Gasteiger partial charge in [0, 0.05) is 6.92 Å². The SMILES string of the molecule is C/C(=N/NC(=N)N)C1=CC(C)(C)CCC1.CC(=O)O. The minimum atomic E-state index is -0.833. The molecule has 0 amide bonds. The van der Waals surface area contributed by atoms with E-state index in [4.69, 9.17) is 21.0 Å². The van der Waals surface area contributed by atoms with Crippen LogP contribution in [0.1, 0.15) is 47.0 Å². The highest BCUT2D eigenvalue weighted by molar-refractivity contribution is 5.98. The van der Waals surface area contributed by atoms with Crippen LogP contribution in [0.4, 0.5) is 0 Å². The highest BCUT2D eigenvalue weighted by Gasteiger charge is 2.21. The summed E-state index contributed by atoms with van der Waals surface area (Å²) in [6, 6.07) is 0. The molecular weight excluding hydrogens is 244 g/mol. The number of carboxylic acid groups (broad SMARTS) is 1. The van der Waals surface area contributed by atoms with Crippen molar-refractivity contribution in [2.45, 2.75) is 47.0 Å². The van der Waals surface area contributed by atoms with Gasteiger partial charge in [0.05, 0.1) is 5.71 Å². The summed E-state index contributed by atoms with van der Waals surface area (Å²) in [7, 11) is 0. The minimum absolute atomic E-state index is 0.120. The Bertz CT molecular complexity index is 393. The van der Waals surface area contributed by atoms with Crippen molar-refractivity contribution >= 4 is 17.6 Å². The maximum atomic E-state index is 9.00. The van der Waals surface area contributed by atoms with Crippen LogP contribution in [0.3, 0.4) is 0 Å². The number of nitrogens with one attached hydrogen (secondary N) is 2. The van der Waals surface area contributed by atoms with Crippen molar-refractivity contribution in [2.24, 2.45) is 16.3 Å². The van der Waals surface area contributed by atoms with Gasteiger partial charge in [-0.1, -0.05) is 19.9 Å². The van der Waals surface area contributed by atoms with E-state index < -0.39 is 5.97 Å². The molecule has 0 saturated heterocycles. The minimum Gasteiger partial charge on any atom is -0.481 e. The summed E-state index contributed by atoms with van der Waals surface area (Å²) >= 11 is 0. The zero-order chi connectivity index (χ0) is 15.1. The summed E-state index contributed by atoms with van der Waals surface area (Å²) in [4.78, 5) is 9.00. The highest BCUT2D eigenvalue weighted by Crippen LogP contribution is 2.33. The molecule has 19 heavy (non-hydrogen) atoms. The van der Waals surface area contributed by atoms with Crippen LogP contribution in [0.5, 0.6) is 0 Å². The Hall–Kier alpha value is -1.85. The maximum absolute atomic E-state index is 9.00. The Kier molecular flexibility index (Phi) is 6.82. The second-order valence-corrected chi connectivity index (χ2v) is 5.25. The molecule has 5 N–H and O–H groups in total. The Balaban J connectivity index is 0.000000711. The molecular formula is C13H24N4O2. The van der Waals surface area contributed by atoms with Crippen molar-refractivity contribution < 1.29 is 9.90 Å². The Morgan fingerprint density at radius 1 is 1.53 bits per heavy atom. The molecule has 0 heterocycles. The van der Waals surface area contributed by atoms with Crippen molar-refractivity contribution in [1.82, 2.24) is 5.43 Å². The first-order valence-electron chi connectivity index (χ1n) is 6.20. The molecule has 0 saturated carbocycles. The number of nitrogens with two attached hydrogens (primary N) is 1. The molecule has 1 aliphatic carbocycles. The standard InChI is InChI=1S/C11H20N4.C2H4O2/c1-8(14-15-10(12)13)9-5-4-6-11(2,3)7-9;1-2(3)4/h7H,4-6H2,1-3H3,(H4,12,13,15);1H3,(H,3,4)/b14-8-;. The van der Waals surface area contributed by atoms with Crippen molar-refractivity contribution in [3.63, 3.8) is 0 Å². The van der Waals surface area contributed by atoms with Gasteiger partial charge >= 0.3 is 0 Å². The fourth-order valence-electron chi connectivity index (χ4n) is 1.85. The van der Waals surface area contributed by atoms with Gasteiger partial charge in [-0.05, 0) is 37.2 Å². The molecule has 1 aliphatic rings. The van der Waals surface area contributed by atoms with Crippen LogP contribution in [0, 0.1) is 10.8 Å². The van der Waals surface area contributed by atoms with Gasteiger partial charge < -0.3 is 10.8 Å². The molecule has 0 bridgehead atoms. The van der Waals surface area contributed by atoms with Crippen LogP contribution >= 0.6 is 0 Å². The second kappa shape index (κ2) is 7.56. The number of aliphatic carboxylic acids is 1. The van der Waals surface area contributed by atoms with Crippen LogP contribution in [0.25, 0.3) is 0 Å². The number of guanidine groups is 1. The lowest BCUT2D eigenvalue weighted by Gasteiger charge is -2.27. The largest absolute Gasteiger partial charge is 0.481 e. The van der Waals surface area contributed by atoms with Gasteiger partial charge in [-0.15, -0.1) is 0 Å². The van der Waals surface area contributed by atoms with Gasteiger partial charge in [-0.3, -0.25) is 10.2 Å². The van der Waals surface area contributed by atoms with Crippen LogP contribution in [-0.2, 0) is 4.79 Å². The molecule has 0 aromatic heterocycles. The molecule has 0 spiro atoms. The first-order chi connectivity index (χ1) is 8.64. The van der Waals surface area contributed by atoms with Gasteiger partial charge in [0.15, 0.2) is 0 Å². The topological polar surface area (TPSA) is 112 Å². The van der Waals surface area contributed by atoms with Crippen LogP contribution < -0.4 is 11.2 Å². The monoisotopic (exact) mass is 268 g/mol. The number of carbonyl (C=O) groups is 1. The van der Waals surface area contributed by atoms with Crippen LogP contribution in [-0.4, -0.2) is 22.7 Å². The first kappa shape index (κ1) is 17.2. The average molecular weight is 268 g/mol. The second-order valence-electron chi connectivity index (χ2n) is 5.25. The molecule has 1 rings (SSSR count). The van der Waals surface area contributed by atoms with E-state index in [0.717, 1.165) is 19.1 Å². The normalized spacial score (nSPS) is 17.7. The van der Waals surface area contributed by atoms with E-state index in [1.54, 1.807) is 0 Å². The lowest BCUT2D eigenvalue weighted by atomic mass is 9.79. The summed E-state index contributed by atoms with van der Waals surface area (Å²) < 4.78 is 0. The molecule has 6 nitrogen and oxygen atoms in total. The third kappa shape index (κ3) is 8.82. The fraction of sp³-hybridized carbons (Fsp3) is 0.615. The molecule has 0 fully saturated rings. The lowest BCUT2D eigenvalue weighted by Crippen LogP contribution is -2.27. The molecule has 0 aromatic carbocycles. The van der Waals surface area contributed by atoms with Gasteiger partial charge in [0.2, 0.25) is 5.96 Å². The number of carboxylic acids is 1. The van der Waals surface area contributed by atoms with Crippen molar-refractivity contribution in [3.05, 3.63) is 11.6 Å². The molecule has 0 radical (unpaired) electrons. The summed E-state index contributed by atoms with van der Waals surface area (Å²) in [5, 5.41) is 18.5. The van der Waals surface area contributed by atoms with Gasteiger partial charge in [0.25, 0.3) is 5.97 Å². The summed E-state index contributed by atoms with van der Waals surface area (Å²) in [6.07, 6.45) is 5.77. The zero-order valence-electron chi connectivity index (χ0n) is 12.1. The van der Waals surface area contributed by atoms with Gasteiger partial charge in [0.1, 0.15) is 0 Å². The molecule has 0 unspecified atom stereocenters. The predicted molar refractivity (Wildman–Crippen MR) is 77.2 cm³/mol. The molecule has 6 heteroatoms. The van der Waals surface area contributed by atoms with E-state index in [2.05, 4.69) is 30.5 Å². The van der Waals surface area contributed by atoms with Crippen LogP contribution in [0.2, 0.25) is 0 Å². The summed E-state index contributed by atoms with van der Waals surface area (Å²) in [5.74, 6) is -0.954. The number of rotatable bonds is 2. The van der Waals surface area contributed by atoms with Crippen molar-refractivity contribution in [2.75, 3.05) is 0 Å². The average Bonchev–Trinajstić information content (AvgIpc) is 2.23. The van der Waals surface area contributed by atoms with E-state index in [9.17, 15) is 0 Å². The van der Waals surface area contributed by atoms with E-state index >= 15 is 0 Å². The maximum Gasteiger partial charge on any atom is 0.300 e. The van der Waals surface area contributed by atoms with E-state index in [-0.39, 0.29) is 11.4 Å². The van der Waals surface area contributed by atoms with E-state index in [1.807, 2.05) is 6.92 Å². The van der Waals surface area contributed by atoms with E-state index in [0.29, 0.717) is 0 Å². The number of allylic oxidation sites excluding steroid dienone is 2. The third-order valence-corrected chi connectivity index (χ3v) is 2.64. The highest BCUT2D eigenvalue weighted by atomic mass is 16.4.